The van der Waals surface area contributed by atoms with Crippen LogP contribution < -0.4 is 10.7 Å². The molecule has 0 aromatic heterocycles. The third-order valence-electron chi connectivity index (χ3n) is 4.85. The quantitative estimate of drug-likeness (QED) is 0.632. The minimum absolute atomic E-state index is 0.268. The van der Waals surface area contributed by atoms with Crippen LogP contribution >= 0.6 is 11.6 Å². The van der Waals surface area contributed by atoms with Crippen LogP contribution in [0.5, 0.6) is 0 Å². The van der Waals surface area contributed by atoms with Gasteiger partial charge < -0.3 is 5.32 Å². The first kappa shape index (κ1) is 19.8. The van der Waals surface area contributed by atoms with Crippen molar-refractivity contribution in [1.29, 1.82) is 0 Å². The molecule has 30 heavy (non-hydrogen) atoms. The van der Waals surface area contributed by atoms with E-state index in [0.717, 1.165) is 11.1 Å². The summed E-state index contributed by atoms with van der Waals surface area (Å²) in [5, 5.41) is 3.31. The van der Waals surface area contributed by atoms with Gasteiger partial charge in [0, 0.05) is 11.1 Å². The Labute approximate surface area is 177 Å². The van der Waals surface area contributed by atoms with Gasteiger partial charge in [0.1, 0.15) is 5.82 Å². The molecule has 1 fully saturated rings. The Kier molecular flexibility index (Phi) is 5.59. The summed E-state index contributed by atoms with van der Waals surface area (Å²) in [7, 11) is 0. The summed E-state index contributed by atoms with van der Waals surface area (Å²) in [4.78, 5) is 25.5. The lowest BCUT2D eigenvalue weighted by molar-refractivity contribution is -0.596. The summed E-state index contributed by atoms with van der Waals surface area (Å²) in [6, 6.07) is 20.4. The monoisotopic (exact) mass is 422 g/mol. The van der Waals surface area contributed by atoms with Gasteiger partial charge in [-0.2, -0.15) is 0 Å². The molecule has 0 saturated carbocycles. The predicted octanol–water partition coefficient (Wildman–Crippen LogP) is 3.50. The van der Waals surface area contributed by atoms with Crippen molar-refractivity contribution in [3.8, 4) is 0 Å². The Bertz CT molecular complexity index is 1120. The van der Waals surface area contributed by atoms with Crippen LogP contribution in [0, 0.1) is 5.82 Å². The van der Waals surface area contributed by atoms with E-state index in [1.807, 2.05) is 48.5 Å². The van der Waals surface area contributed by atoms with E-state index < -0.39 is 23.8 Å². The molecule has 4 rings (SSSR count). The predicted molar refractivity (Wildman–Crippen MR) is 112 cm³/mol. The van der Waals surface area contributed by atoms with Gasteiger partial charge in [-0.1, -0.05) is 54.1 Å². The van der Waals surface area contributed by atoms with Gasteiger partial charge in [-0.05, 0) is 36.4 Å². The molecule has 3 aromatic carbocycles. The molecule has 0 radical (unpaired) electrons. The largest absolute Gasteiger partial charge is 0.334 e. The van der Waals surface area contributed by atoms with E-state index >= 15 is 0 Å². The number of carbonyl (C=O) groups excluding carboxylic acids is 2. The molecule has 2 N–H and O–H groups in total. The maximum absolute atomic E-state index is 13.2. The van der Waals surface area contributed by atoms with Crippen molar-refractivity contribution in [1.82, 2.24) is 10.7 Å². The van der Waals surface area contributed by atoms with Crippen molar-refractivity contribution in [2.45, 2.75) is 12.1 Å². The van der Waals surface area contributed by atoms with Crippen LogP contribution in [-0.4, -0.2) is 28.8 Å². The second-order valence-corrected chi connectivity index (χ2v) is 7.25. The zero-order valence-electron chi connectivity index (χ0n) is 15.8. The molecule has 0 spiro atoms. The second kappa shape index (κ2) is 8.47. The highest BCUT2D eigenvalue weighted by Crippen LogP contribution is 2.26. The molecule has 1 heterocycles. The van der Waals surface area contributed by atoms with Gasteiger partial charge in [0.2, 0.25) is 12.3 Å². The number of carbonyl (C=O) groups is 2. The zero-order valence-corrected chi connectivity index (χ0v) is 16.5. The zero-order chi connectivity index (χ0) is 21.1. The number of amides is 2. The van der Waals surface area contributed by atoms with Crippen LogP contribution in [0.3, 0.4) is 0 Å². The standard InChI is InChI=1S/C23H17ClFN3O2/c24-19-9-5-4-8-17(19)14-28-21(15-6-2-1-3-7-15)20(23(30)27-28)26-22(29)16-10-12-18(25)13-11-16/h1-14,20-21H,(H-,26,27,29,30)/p+1/b28-14-/t20-,21+/m1/s1. The van der Waals surface area contributed by atoms with Crippen molar-refractivity contribution in [2.75, 3.05) is 0 Å². The molecule has 2 atom stereocenters. The van der Waals surface area contributed by atoms with E-state index in [9.17, 15) is 14.0 Å². The third kappa shape index (κ3) is 4.09. The summed E-state index contributed by atoms with van der Waals surface area (Å²) in [5.41, 5.74) is 4.63. The summed E-state index contributed by atoms with van der Waals surface area (Å²) in [6.45, 7) is 0. The fraction of sp³-hybridized carbons (Fsp3) is 0.0870. The number of nitrogens with zero attached hydrogens (tertiary/aromatic N) is 1. The lowest BCUT2D eigenvalue weighted by atomic mass is 10.00. The van der Waals surface area contributed by atoms with Gasteiger partial charge in [0.05, 0.1) is 10.6 Å². The fourth-order valence-electron chi connectivity index (χ4n) is 3.39. The van der Waals surface area contributed by atoms with Gasteiger partial charge >= 0.3 is 5.91 Å². The molecule has 0 unspecified atom stereocenters. The number of halogens is 2. The summed E-state index contributed by atoms with van der Waals surface area (Å²) >= 11 is 6.28. The van der Waals surface area contributed by atoms with Crippen LogP contribution in [0.15, 0.2) is 78.9 Å². The van der Waals surface area contributed by atoms with Crippen LogP contribution in [0.4, 0.5) is 4.39 Å². The molecule has 7 heteroatoms. The molecule has 3 aromatic rings. The highest BCUT2D eigenvalue weighted by molar-refractivity contribution is 6.32. The molecular weight excluding hydrogens is 405 g/mol. The lowest BCUT2D eigenvalue weighted by Gasteiger charge is -2.14. The lowest BCUT2D eigenvalue weighted by Crippen LogP contribution is -2.42. The highest BCUT2D eigenvalue weighted by atomic mass is 35.5. The first-order chi connectivity index (χ1) is 14.5. The van der Waals surface area contributed by atoms with E-state index in [-0.39, 0.29) is 11.5 Å². The van der Waals surface area contributed by atoms with Crippen molar-refractivity contribution in [3.05, 3.63) is 106 Å². The number of rotatable bonds is 4. The Hall–Kier alpha value is -3.51. The number of hydrazine groups is 1. The highest BCUT2D eigenvalue weighted by Gasteiger charge is 2.47. The smallest absolute Gasteiger partial charge is 0.304 e. The number of hydrogen-bond acceptors (Lipinski definition) is 2. The molecule has 150 valence electrons. The van der Waals surface area contributed by atoms with Gasteiger partial charge in [0.25, 0.3) is 5.91 Å². The van der Waals surface area contributed by atoms with Crippen LogP contribution in [0.2, 0.25) is 5.02 Å². The second-order valence-electron chi connectivity index (χ2n) is 6.85. The normalized spacial score (nSPS) is 19.5. The molecule has 1 aliphatic rings. The SMILES string of the molecule is O=C(N[C@H]1C(=O)N/[N+](=C\c2ccccc2Cl)[C@H]1c1ccccc1)c1ccc(F)cc1. The summed E-state index contributed by atoms with van der Waals surface area (Å²) in [6.07, 6.45) is 1.74. The van der Waals surface area contributed by atoms with Crippen molar-refractivity contribution in [3.63, 3.8) is 0 Å². The molecule has 0 aliphatic carbocycles. The first-order valence-electron chi connectivity index (χ1n) is 9.32. The summed E-state index contributed by atoms with van der Waals surface area (Å²) in [5.74, 6) is -1.26. The third-order valence-corrected chi connectivity index (χ3v) is 5.20. The van der Waals surface area contributed by atoms with Gasteiger partial charge in [-0.15, -0.1) is 10.1 Å². The van der Waals surface area contributed by atoms with Gasteiger partial charge in [-0.3, -0.25) is 9.59 Å². The van der Waals surface area contributed by atoms with E-state index in [0.29, 0.717) is 5.02 Å². The molecular formula is C23H18ClFN3O2+. The van der Waals surface area contributed by atoms with Crippen LogP contribution in [-0.2, 0) is 4.79 Å². The Morgan fingerprint density at radius 3 is 2.37 bits per heavy atom. The minimum atomic E-state index is -0.858. The van der Waals surface area contributed by atoms with Crippen molar-refractivity contribution >= 4 is 29.6 Å². The molecule has 0 bridgehead atoms. The van der Waals surface area contributed by atoms with Crippen molar-refractivity contribution < 1.29 is 18.7 Å². The average Bonchev–Trinajstić information content (AvgIpc) is 3.05. The Morgan fingerprint density at radius 1 is 1.00 bits per heavy atom. The number of benzene rings is 3. The number of hydrogen-bond donors (Lipinski definition) is 2. The molecule has 1 saturated heterocycles. The first-order valence-corrected chi connectivity index (χ1v) is 9.70. The number of nitrogens with one attached hydrogen (secondary N) is 2. The molecule has 2 amide bonds. The van der Waals surface area contributed by atoms with E-state index in [2.05, 4.69) is 10.7 Å². The maximum atomic E-state index is 13.2. The van der Waals surface area contributed by atoms with E-state index in [1.54, 1.807) is 17.0 Å². The summed E-state index contributed by atoms with van der Waals surface area (Å²) < 4.78 is 14.8. The Morgan fingerprint density at radius 2 is 1.67 bits per heavy atom. The van der Waals surface area contributed by atoms with Gasteiger partial charge in [-0.25, -0.2) is 4.39 Å². The minimum Gasteiger partial charge on any atom is -0.334 e. The van der Waals surface area contributed by atoms with E-state index in [1.165, 1.54) is 24.3 Å². The van der Waals surface area contributed by atoms with Crippen molar-refractivity contribution in [2.24, 2.45) is 0 Å². The average molecular weight is 423 g/mol. The maximum Gasteiger partial charge on any atom is 0.304 e. The van der Waals surface area contributed by atoms with Crippen LogP contribution in [0.25, 0.3) is 0 Å². The Balaban J connectivity index is 1.70. The van der Waals surface area contributed by atoms with E-state index in [4.69, 9.17) is 11.6 Å². The molecule has 1 aliphatic heterocycles. The van der Waals surface area contributed by atoms with Crippen LogP contribution in [0.1, 0.15) is 27.5 Å². The van der Waals surface area contributed by atoms with Gasteiger partial charge in [0.15, 0.2) is 6.04 Å². The molecule has 5 nitrogen and oxygen atoms in total. The number of hydrazone groups is 1. The topological polar surface area (TPSA) is 61.2 Å². The fourth-order valence-corrected chi connectivity index (χ4v) is 3.57.